The molecule has 0 aliphatic carbocycles. The van der Waals surface area contributed by atoms with Gasteiger partial charge < -0.3 is 10.6 Å². The zero-order valence-electron chi connectivity index (χ0n) is 10.4. The van der Waals surface area contributed by atoms with Gasteiger partial charge in [0.2, 0.25) is 5.91 Å². The van der Waals surface area contributed by atoms with Gasteiger partial charge in [-0.1, -0.05) is 0 Å². The van der Waals surface area contributed by atoms with Crippen molar-refractivity contribution in [1.82, 2.24) is 5.32 Å². The lowest BCUT2D eigenvalue weighted by Crippen LogP contribution is -2.34. The Balaban J connectivity index is 2.55. The molecular formula is C13H16FN3O. The maximum Gasteiger partial charge on any atom is 0.223 e. The molecule has 0 bridgehead atoms. The monoisotopic (exact) mass is 249 g/mol. The van der Waals surface area contributed by atoms with Crippen LogP contribution in [0.5, 0.6) is 0 Å². The number of amides is 1. The molecule has 1 unspecified atom stereocenters. The minimum atomic E-state index is -0.630. The third-order valence-corrected chi connectivity index (χ3v) is 2.18. The van der Waals surface area contributed by atoms with Crippen LogP contribution in [0.15, 0.2) is 24.3 Å². The van der Waals surface area contributed by atoms with Gasteiger partial charge in [0, 0.05) is 11.7 Å². The zero-order chi connectivity index (χ0) is 13.5. The summed E-state index contributed by atoms with van der Waals surface area (Å²) in [6.07, 6.45) is 0.0616. The molecule has 1 aromatic rings. The Kier molecular flexibility index (Phi) is 5.12. The molecule has 1 amide bonds. The van der Waals surface area contributed by atoms with E-state index in [1.165, 1.54) is 24.3 Å². The molecular weight excluding hydrogens is 233 g/mol. The van der Waals surface area contributed by atoms with E-state index in [4.69, 9.17) is 5.26 Å². The average Bonchev–Trinajstić information content (AvgIpc) is 2.30. The van der Waals surface area contributed by atoms with Gasteiger partial charge >= 0.3 is 0 Å². The van der Waals surface area contributed by atoms with Crippen LogP contribution in [0.1, 0.15) is 20.3 Å². The lowest BCUT2D eigenvalue weighted by molar-refractivity contribution is -0.121. The molecule has 0 heterocycles. The van der Waals surface area contributed by atoms with Crippen LogP contribution >= 0.6 is 0 Å². The van der Waals surface area contributed by atoms with Gasteiger partial charge in [-0.2, -0.15) is 5.26 Å². The van der Waals surface area contributed by atoms with Crippen LogP contribution in [0, 0.1) is 17.1 Å². The largest absolute Gasteiger partial charge is 0.369 e. The quantitative estimate of drug-likeness (QED) is 0.839. The second-order valence-corrected chi connectivity index (χ2v) is 4.26. The fourth-order valence-electron chi connectivity index (χ4n) is 1.44. The number of nitrogens with zero attached hydrogens (tertiary/aromatic N) is 1. The van der Waals surface area contributed by atoms with E-state index >= 15 is 0 Å². The first-order valence-corrected chi connectivity index (χ1v) is 5.72. The smallest absolute Gasteiger partial charge is 0.223 e. The minimum Gasteiger partial charge on any atom is -0.369 e. The molecule has 0 aliphatic heterocycles. The molecule has 18 heavy (non-hydrogen) atoms. The van der Waals surface area contributed by atoms with Crippen molar-refractivity contribution in [2.75, 3.05) is 5.32 Å². The van der Waals surface area contributed by atoms with E-state index in [0.29, 0.717) is 5.69 Å². The Bertz CT molecular complexity index is 437. The highest BCUT2D eigenvalue weighted by Gasteiger charge is 2.13. The molecule has 0 saturated carbocycles. The zero-order valence-corrected chi connectivity index (χ0v) is 10.4. The SMILES string of the molecule is CC(C)NC(=O)CC(C#N)Nc1ccc(F)cc1. The summed E-state index contributed by atoms with van der Waals surface area (Å²) in [5.41, 5.74) is 0.611. The Morgan fingerprint density at radius 1 is 1.39 bits per heavy atom. The topological polar surface area (TPSA) is 64.9 Å². The number of anilines is 1. The second kappa shape index (κ2) is 6.60. The van der Waals surface area contributed by atoms with Crippen molar-refractivity contribution in [3.8, 4) is 6.07 Å². The van der Waals surface area contributed by atoms with Gasteiger partial charge in [-0.05, 0) is 38.1 Å². The Morgan fingerprint density at radius 2 is 2.00 bits per heavy atom. The lowest BCUT2D eigenvalue weighted by atomic mass is 10.2. The molecule has 1 atom stereocenters. The lowest BCUT2D eigenvalue weighted by Gasteiger charge is -2.14. The summed E-state index contributed by atoms with van der Waals surface area (Å²) >= 11 is 0. The van der Waals surface area contributed by atoms with Crippen LogP contribution in [0.4, 0.5) is 10.1 Å². The van der Waals surface area contributed by atoms with Gasteiger partial charge in [0.15, 0.2) is 0 Å². The third-order valence-electron chi connectivity index (χ3n) is 2.18. The normalized spacial score (nSPS) is 11.7. The summed E-state index contributed by atoms with van der Waals surface area (Å²) < 4.78 is 12.7. The number of nitrogens with one attached hydrogen (secondary N) is 2. The molecule has 1 aromatic carbocycles. The maximum absolute atomic E-state index is 12.7. The fraction of sp³-hybridized carbons (Fsp3) is 0.385. The van der Waals surface area contributed by atoms with Gasteiger partial charge in [-0.15, -0.1) is 0 Å². The highest BCUT2D eigenvalue weighted by Crippen LogP contribution is 2.10. The summed E-state index contributed by atoms with van der Waals surface area (Å²) in [5.74, 6) is -0.530. The first-order valence-electron chi connectivity index (χ1n) is 5.72. The van der Waals surface area contributed by atoms with E-state index in [-0.39, 0.29) is 24.2 Å². The molecule has 0 aromatic heterocycles. The molecule has 0 radical (unpaired) electrons. The maximum atomic E-state index is 12.7. The number of hydrogen-bond acceptors (Lipinski definition) is 3. The van der Waals surface area contributed by atoms with Crippen molar-refractivity contribution >= 4 is 11.6 Å². The molecule has 1 rings (SSSR count). The molecule has 2 N–H and O–H groups in total. The Labute approximate surface area is 106 Å². The number of benzene rings is 1. The van der Waals surface area contributed by atoms with E-state index in [1.54, 1.807) is 0 Å². The van der Waals surface area contributed by atoms with Crippen LogP contribution in [-0.2, 0) is 4.79 Å². The van der Waals surface area contributed by atoms with Crippen LogP contribution in [0.3, 0.4) is 0 Å². The number of carbonyl (C=O) groups excluding carboxylic acids is 1. The van der Waals surface area contributed by atoms with E-state index < -0.39 is 6.04 Å². The summed E-state index contributed by atoms with van der Waals surface area (Å²) in [6.45, 7) is 3.71. The molecule has 4 nitrogen and oxygen atoms in total. The van der Waals surface area contributed by atoms with E-state index in [2.05, 4.69) is 10.6 Å². The van der Waals surface area contributed by atoms with Crippen LogP contribution in [-0.4, -0.2) is 18.0 Å². The van der Waals surface area contributed by atoms with Crippen LogP contribution in [0.25, 0.3) is 0 Å². The highest BCUT2D eigenvalue weighted by atomic mass is 19.1. The number of nitriles is 1. The Morgan fingerprint density at radius 3 is 2.50 bits per heavy atom. The van der Waals surface area contributed by atoms with E-state index in [0.717, 1.165) is 0 Å². The van der Waals surface area contributed by atoms with Crippen molar-refractivity contribution in [2.24, 2.45) is 0 Å². The van der Waals surface area contributed by atoms with Gasteiger partial charge in [-0.3, -0.25) is 4.79 Å². The minimum absolute atomic E-state index is 0.0441. The molecule has 0 saturated heterocycles. The van der Waals surface area contributed by atoms with Gasteiger partial charge in [-0.25, -0.2) is 4.39 Å². The van der Waals surface area contributed by atoms with Crippen molar-refractivity contribution in [3.63, 3.8) is 0 Å². The number of rotatable bonds is 5. The Hall–Kier alpha value is -2.09. The second-order valence-electron chi connectivity index (χ2n) is 4.26. The number of carbonyl (C=O) groups is 1. The summed E-state index contributed by atoms with van der Waals surface area (Å²) in [4.78, 5) is 11.5. The average molecular weight is 249 g/mol. The van der Waals surface area contributed by atoms with Crippen molar-refractivity contribution in [3.05, 3.63) is 30.1 Å². The first kappa shape index (κ1) is 14.0. The van der Waals surface area contributed by atoms with Gasteiger partial charge in [0.25, 0.3) is 0 Å². The summed E-state index contributed by atoms with van der Waals surface area (Å²) in [5, 5.41) is 14.5. The van der Waals surface area contributed by atoms with Gasteiger partial charge in [0.1, 0.15) is 11.9 Å². The summed E-state index contributed by atoms with van der Waals surface area (Å²) in [6, 6.07) is 7.07. The molecule has 0 aliphatic rings. The third kappa shape index (κ3) is 4.83. The van der Waals surface area contributed by atoms with Crippen LogP contribution < -0.4 is 10.6 Å². The van der Waals surface area contributed by atoms with Crippen molar-refractivity contribution < 1.29 is 9.18 Å². The van der Waals surface area contributed by atoms with Crippen molar-refractivity contribution in [1.29, 1.82) is 5.26 Å². The molecule has 0 fully saturated rings. The molecule has 96 valence electrons. The number of hydrogen-bond donors (Lipinski definition) is 2. The van der Waals surface area contributed by atoms with Gasteiger partial charge in [0.05, 0.1) is 12.5 Å². The fourth-order valence-corrected chi connectivity index (χ4v) is 1.44. The standard InChI is InChI=1S/C13H16FN3O/c1-9(2)16-13(18)7-12(8-15)17-11-5-3-10(14)4-6-11/h3-6,9,12,17H,7H2,1-2H3,(H,16,18). The molecule has 0 spiro atoms. The van der Waals surface area contributed by atoms with E-state index in [9.17, 15) is 9.18 Å². The highest BCUT2D eigenvalue weighted by molar-refractivity contribution is 5.77. The van der Waals surface area contributed by atoms with E-state index in [1.807, 2.05) is 19.9 Å². The molecule has 5 heteroatoms. The predicted octanol–water partition coefficient (Wildman–Crippen LogP) is 2.04. The van der Waals surface area contributed by atoms with Crippen LogP contribution in [0.2, 0.25) is 0 Å². The first-order chi connectivity index (χ1) is 8.51. The predicted molar refractivity (Wildman–Crippen MR) is 67.3 cm³/mol. The number of halogens is 1. The summed E-state index contributed by atoms with van der Waals surface area (Å²) in [7, 11) is 0. The van der Waals surface area contributed by atoms with Crippen molar-refractivity contribution in [2.45, 2.75) is 32.4 Å².